The minimum Gasteiger partial charge on any atom is -0.492 e. The molecule has 0 fully saturated rings. The molecule has 2 rings (SSSR count). The highest BCUT2D eigenvalue weighted by Crippen LogP contribution is 2.16. The number of nitrogens with zero attached hydrogens (tertiary/aromatic N) is 2. The van der Waals surface area contributed by atoms with Gasteiger partial charge in [-0.3, -0.25) is 0 Å². The van der Waals surface area contributed by atoms with Crippen molar-refractivity contribution in [3.63, 3.8) is 0 Å². The second-order valence-electron chi connectivity index (χ2n) is 6.16. The van der Waals surface area contributed by atoms with Gasteiger partial charge in [0.05, 0.1) is 12.6 Å². The lowest BCUT2D eigenvalue weighted by molar-refractivity contribution is 0.190. The van der Waals surface area contributed by atoms with Gasteiger partial charge in [-0.25, -0.2) is 4.79 Å². The summed E-state index contributed by atoms with van der Waals surface area (Å²) in [5.74, 6) is 0.813. The third-order valence-corrected chi connectivity index (χ3v) is 4.04. The molecule has 0 saturated heterocycles. The fourth-order valence-electron chi connectivity index (χ4n) is 2.51. The molecule has 0 spiro atoms. The van der Waals surface area contributed by atoms with E-state index >= 15 is 0 Å². The summed E-state index contributed by atoms with van der Waals surface area (Å²) in [6, 6.07) is 19.8. The van der Waals surface area contributed by atoms with Crippen LogP contribution in [0.15, 0.2) is 60.7 Å². The highest BCUT2D eigenvalue weighted by Gasteiger charge is 2.16. The topological polar surface area (TPSA) is 44.8 Å². The number of hydrogen-bond acceptors (Lipinski definition) is 3. The largest absolute Gasteiger partial charge is 0.492 e. The molecule has 1 unspecified atom stereocenters. The Labute approximate surface area is 150 Å². The molecule has 0 aliphatic heterocycles. The minimum atomic E-state index is -0.0977. The van der Waals surface area contributed by atoms with Gasteiger partial charge in [0.15, 0.2) is 0 Å². The van der Waals surface area contributed by atoms with E-state index in [4.69, 9.17) is 4.74 Å². The number of carbonyl (C=O) groups excluding carboxylic acids is 1. The average molecular weight is 341 g/mol. The lowest BCUT2D eigenvalue weighted by Gasteiger charge is -2.26. The second kappa shape index (κ2) is 9.69. The first-order valence-corrected chi connectivity index (χ1v) is 8.46. The monoisotopic (exact) mass is 341 g/mol. The van der Waals surface area contributed by atoms with Crippen molar-refractivity contribution in [3.8, 4) is 5.75 Å². The third-order valence-electron chi connectivity index (χ3n) is 4.04. The van der Waals surface area contributed by atoms with Crippen molar-refractivity contribution in [1.82, 2.24) is 15.1 Å². The summed E-state index contributed by atoms with van der Waals surface area (Å²) in [7, 11) is 5.80. The predicted octanol–water partition coefficient (Wildman–Crippen LogP) is 3.01. The molecule has 0 aliphatic carbocycles. The number of hydrogen-bond donors (Lipinski definition) is 1. The van der Waals surface area contributed by atoms with Crippen LogP contribution in [0.4, 0.5) is 4.79 Å². The number of benzene rings is 2. The van der Waals surface area contributed by atoms with Gasteiger partial charge in [0.1, 0.15) is 12.4 Å². The Balaban J connectivity index is 1.77. The molecular weight excluding hydrogens is 314 g/mol. The molecule has 5 heteroatoms. The molecule has 0 aliphatic rings. The summed E-state index contributed by atoms with van der Waals surface area (Å²) in [6.45, 7) is 1.54. The molecular formula is C20H27N3O2. The fourth-order valence-corrected chi connectivity index (χ4v) is 2.51. The summed E-state index contributed by atoms with van der Waals surface area (Å²) >= 11 is 0. The molecule has 2 aromatic rings. The van der Waals surface area contributed by atoms with Crippen molar-refractivity contribution in [2.45, 2.75) is 6.04 Å². The van der Waals surface area contributed by atoms with Crippen molar-refractivity contribution in [3.05, 3.63) is 66.2 Å². The zero-order valence-electron chi connectivity index (χ0n) is 15.2. The number of para-hydroxylation sites is 1. The van der Waals surface area contributed by atoms with E-state index < -0.39 is 0 Å². The van der Waals surface area contributed by atoms with Gasteiger partial charge in [0.2, 0.25) is 0 Å². The number of likely N-dealkylation sites (N-methyl/N-ethyl adjacent to an activating group) is 2. The van der Waals surface area contributed by atoms with Gasteiger partial charge in [-0.05, 0) is 31.8 Å². The molecule has 5 nitrogen and oxygen atoms in total. The Bertz CT molecular complexity index is 632. The molecule has 0 radical (unpaired) electrons. The molecule has 1 N–H and O–H groups in total. The molecule has 134 valence electrons. The van der Waals surface area contributed by atoms with Crippen molar-refractivity contribution in [2.24, 2.45) is 0 Å². The first-order valence-electron chi connectivity index (χ1n) is 8.46. The zero-order valence-corrected chi connectivity index (χ0v) is 15.2. The van der Waals surface area contributed by atoms with Crippen LogP contribution in [-0.4, -0.2) is 56.7 Å². The quantitative estimate of drug-likeness (QED) is 0.803. The fraction of sp³-hybridized carbons (Fsp3) is 0.350. The molecule has 2 aromatic carbocycles. The predicted molar refractivity (Wildman–Crippen MR) is 101 cm³/mol. The van der Waals surface area contributed by atoms with Gasteiger partial charge in [-0.15, -0.1) is 0 Å². The maximum absolute atomic E-state index is 12.3. The van der Waals surface area contributed by atoms with Gasteiger partial charge in [-0.2, -0.15) is 0 Å². The average Bonchev–Trinajstić information content (AvgIpc) is 2.63. The van der Waals surface area contributed by atoms with Crippen molar-refractivity contribution >= 4 is 6.03 Å². The Kier molecular flexibility index (Phi) is 7.29. The van der Waals surface area contributed by atoms with Crippen LogP contribution in [0.1, 0.15) is 11.6 Å². The highest BCUT2D eigenvalue weighted by atomic mass is 16.5. The second-order valence-corrected chi connectivity index (χ2v) is 6.16. The number of nitrogens with one attached hydrogen (secondary N) is 1. The number of ether oxygens (including phenoxy) is 1. The van der Waals surface area contributed by atoms with Crippen LogP contribution in [0.5, 0.6) is 5.75 Å². The standard InChI is InChI=1S/C20H27N3O2/c1-22(2)19(17-10-6-4-7-11-17)16-21-20(24)23(3)14-15-25-18-12-8-5-9-13-18/h4-13,19H,14-16H2,1-3H3,(H,21,24). The summed E-state index contributed by atoms with van der Waals surface area (Å²) in [4.78, 5) is 16.0. The molecule has 0 aromatic heterocycles. The van der Waals surface area contributed by atoms with Gasteiger partial charge >= 0.3 is 6.03 Å². The molecule has 0 bridgehead atoms. The number of amides is 2. The van der Waals surface area contributed by atoms with E-state index in [9.17, 15) is 4.79 Å². The summed E-state index contributed by atoms with van der Waals surface area (Å²) in [5.41, 5.74) is 1.18. The van der Waals surface area contributed by atoms with E-state index in [1.54, 1.807) is 11.9 Å². The smallest absolute Gasteiger partial charge is 0.317 e. The van der Waals surface area contributed by atoms with Gasteiger partial charge in [0, 0.05) is 13.6 Å². The van der Waals surface area contributed by atoms with Crippen molar-refractivity contribution in [2.75, 3.05) is 40.8 Å². The van der Waals surface area contributed by atoms with Crippen LogP contribution in [0.2, 0.25) is 0 Å². The Morgan fingerprint density at radius 2 is 1.60 bits per heavy atom. The van der Waals surface area contributed by atoms with E-state index in [0.29, 0.717) is 19.7 Å². The highest BCUT2D eigenvalue weighted by molar-refractivity contribution is 5.73. The maximum Gasteiger partial charge on any atom is 0.317 e. The van der Waals surface area contributed by atoms with Gasteiger partial charge in [0.25, 0.3) is 0 Å². The van der Waals surface area contributed by atoms with Crippen molar-refractivity contribution < 1.29 is 9.53 Å². The first kappa shape index (κ1) is 18.8. The van der Waals surface area contributed by atoms with Crippen LogP contribution in [0.25, 0.3) is 0 Å². The van der Waals surface area contributed by atoms with Crippen LogP contribution in [0, 0.1) is 0 Å². The van der Waals surface area contributed by atoms with Crippen LogP contribution < -0.4 is 10.1 Å². The number of urea groups is 1. The Morgan fingerprint density at radius 3 is 2.20 bits per heavy atom. The normalized spacial score (nSPS) is 11.8. The Hall–Kier alpha value is -2.53. The maximum atomic E-state index is 12.3. The van der Waals surface area contributed by atoms with Gasteiger partial charge in [-0.1, -0.05) is 48.5 Å². The van der Waals surface area contributed by atoms with E-state index in [-0.39, 0.29) is 12.1 Å². The molecule has 1 atom stereocenters. The van der Waals surface area contributed by atoms with E-state index in [0.717, 1.165) is 5.75 Å². The summed E-state index contributed by atoms with van der Waals surface area (Å²) in [5, 5.41) is 3.00. The minimum absolute atomic E-state index is 0.0977. The van der Waals surface area contributed by atoms with Crippen LogP contribution in [-0.2, 0) is 0 Å². The molecule has 25 heavy (non-hydrogen) atoms. The van der Waals surface area contributed by atoms with Crippen LogP contribution >= 0.6 is 0 Å². The van der Waals surface area contributed by atoms with Crippen molar-refractivity contribution in [1.29, 1.82) is 0 Å². The zero-order chi connectivity index (χ0) is 18.1. The first-order chi connectivity index (χ1) is 12.1. The summed E-state index contributed by atoms with van der Waals surface area (Å²) < 4.78 is 5.63. The number of carbonyl (C=O) groups is 1. The van der Waals surface area contributed by atoms with Gasteiger partial charge < -0.3 is 19.9 Å². The number of rotatable bonds is 8. The van der Waals surface area contributed by atoms with Crippen LogP contribution in [0.3, 0.4) is 0 Å². The summed E-state index contributed by atoms with van der Waals surface area (Å²) in [6.07, 6.45) is 0. The SMILES string of the molecule is CN(CCOc1ccccc1)C(=O)NCC(c1ccccc1)N(C)C. The molecule has 0 heterocycles. The lowest BCUT2D eigenvalue weighted by Crippen LogP contribution is -2.42. The van der Waals surface area contributed by atoms with E-state index in [2.05, 4.69) is 22.3 Å². The molecule has 0 saturated carbocycles. The molecule has 2 amide bonds. The third kappa shape index (κ3) is 6.12. The van der Waals surface area contributed by atoms with E-state index in [1.807, 2.05) is 62.6 Å². The Morgan fingerprint density at radius 1 is 1.00 bits per heavy atom. The van der Waals surface area contributed by atoms with E-state index in [1.165, 1.54) is 5.56 Å². The lowest BCUT2D eigenvalue weighted by atomic mass is 10.1.